The summed E-state index contributed by atoms with van der Waals surface area (Å²) >= 11 is 18.9. The van der Waals surface area contributed by atoms with Crippen LogP contribution in [0.4, 0.5) is 11.4 Å². The first kappa shape index (κ1) is 21.2. The molecule has 8 heteroatoms. The van der Waals surface area contributed by atoms with Crippen molar-refractivity contribution in [1.82, 2.24) is 0 Å². The van der Waals surface area contributed by atoms with Gasteiger partial charge in [-0.05, 0) is 60.0 Å². The number of ether oxygens (including phenoxy) is 1. The van der Waals surface area contributed by atoms with E-state index in [1.54, 1.807) is 24.3 Å². The third-order valence-electron chi connectivity index (χ3n) is 4.34. The van der Waals surface area contributed by atoms with Gasteiger partial charge in [0.25, 0.3) is 5.69 Å². The SMILES string of the molecule is Cc1c(Cl)cccc1NCc1cc(Cl)c(OCc2ccc([N+](=O)[O-])cc2)c(Cl)c1. The molecule has 0 atom stereocenters. The summed E-state index contributed by atoms with van der Waals surface area (Å²) in [5.74, 6) is 0.370. The average molecular weight is 452 g/mol. The van der Waals surface area contributed by atoms with Crippen molar-refractivity contribution in [1.29, 1.82) is 0 Å². The molecule has 3 rings (SSSR count). The summed E-state index contributed by atoms with van der Waals surface area (Å²) in [4.78, 5) is 10.3. The van der Waals surface area contributed by atoms with Crippen LogP contribution in [-0.2, 0) is 13.2 Å². The lowest BCUT2D eigenvalue weighted by atomic mass is 10.1. The van der Waals surface area contributed by atoms with E-state index in [-0.39, 0.29) is 12.3 Å². The zero-order valence-corrected chi connectivity index (χ0v) is 17.7. The molecule has 0 spiro atoms. The molecule has 0 bridgehead atoms. The molecule has 0 heterocycles. The topological polar surface area (TPSA) is 64.4 Å². The Morgan fingerprint density at radius 2 is 1.62 bits per heavy atom. The first-order valence-electron chi connectivity index (χ1n) is 8.68. The molecule has 0 saturated heterocycles. The van der Waals surface area contributed by atoms with Crippen molar-refractivity contribution in [3.8, 4) is 5.75 Å². The van der Waals surface area contributed by atoms with Crippen molar-refractivity contribution in [2.45, 2.75) is 20.1 Å². The van der Waals surface area contributed by atoms with Crippen LogP contribution >= 0.6 is 34.8 Å². The van der Waals surface area contributed by atoms with Crippen molar-refractivity contribution in [2.24, 2.45) is 0 Å². The Labute approximate surface area is 183 Å². The predicted octanol–water partition coefficient (Wildman–Crippen LogP) is 7.05. The van der Waals surface area contributed by atoms with Crippen LogP contribution in [0.3, 0.4) is 0 Å². The van der Waals surface area contributed by atoms with E-state index in [0.717, 1.165) is 22.4 Å². The van der Waals surface area contributed by atoms with E-state index in [0.29, 0.717) is 27.4 Å². The van der Waals surface area contributed by atoms with Crippen LogP contribution in [0.15, 0.2) is 54.6 Å². The summed E-state index contributed by atoms with van der Waals surface area (Å²) in [6, 6.07) is 15.4. The van der Waals surface area contributed by atoms with Crippen molar-refractivity contribution in [3.63, 3.8) is 0 Å². The number of rotatable bonds is 7. The number of halogens is 3. The second-order valence-corrected chi connectivity index (χ2v) is 7.59. The van der Waals surface area contributed by atoms with Gasteiger partial charge in [0, 0.05) is 29.4 Å². The first-order valence-corrected chi connectivity index (χ1v) is 9.81. The molecule has 5 nitrogen and oxygen atoms in total. The Morgan fingerprint density at radius 3 is 2.24 bits per heavy atom. The van der Waals surface area contributed by atoms with Gasteiger partial charge in [-0.25, -0.2) is 0 Å². The van der Waals surface area contributed by atoms with Gasteiger partial charge < -0.3 is 10.1 Å². The molecule has 0 aliphatic carbocycles. The molecule has 0 aliphatic heterocycles. The highest BCUT2D eigenvalue weighted by Crippen LogP contribution is 2.35. The summed E-state index contributed by atoms with van der Waals surface area (Å²) in [5, 5.41) is 15.5. The van der Waals surface area contributed by atoms with E-state index >= 15 is 0 Å². The molecular formula is C21H17Cl3N2O3. The van der Waals surface area contributed by atoms with Crippen molar-refractivity contribution in [3.05, 3.63) is 96.5 Å². The Morgan fingerprint density at radius 1 is 0.966 bits per heavy atom. The molecule has 0 fully saturated rings. The van der Waals surface area contributed by atoms with Gasteiger partial charge in [-0.15, -0.1) is 0 Å². The van der Waals surface area contributed by atoms with E-state index < -0.39 is 4.92 Å². The van der Waals surface area contributed by atoms with Crippen LogP contribution in [0.5, 0.6) is 5.75 Å². The minimum atomic E-state index is -0.448. The maximum absolute atomic E-state index is 10.7. The lowest BCUT2D eigenvalue weighted by molar-refractivity contribution is -0.384. The Kier molecular flexibility index (Phi) is 6.85. The number of anilines is 1. The molecule has 3 aromatic carbocycles. The smallest absolute Gasteiger partial charge is 0.269 e. The molecule has 0 radical (unpaired) electrons. The fourth-order valence-electron chi connectivity index (χ4n) is 2.72. The molecule has 0 saturated carbocycles. The lowest BCUT2D eigenvalue weighted by Crippen LogP contribution is -2.02. The minimum Gasteiger partial charge on any atom is -0.486 e. The van der Waals surface area contributed by atoms with Gasteiger partial charge in [-0.3, -0.25) is 10.1 Å². The Bertz CT molecular complexity index is 1020. The van der Waals surface area contributed by atoms with Crippen LogP contribution in [0, 0.1) is 17.0 Å². The van der Waals surface area contributed by atoms with E-state index in [9.17, 15) is 10.1 Å². The average Bonchev–Trinajstić information content (AvgIpc) is 2.69. The number of hydrogen-bond acceptors (Lipinski definition) is 4. The summed E-state index contributed by atoms with van der Waals surface area (Å²) in [7, 11) is 0. The summed E-state index contributed by atoms with van der Waals surface area (Å²) < 4.78 is 5.73. The minimum absolute atomic E-state index is 0.0246. The van der Waals surface area contributed by atoms with E-state index in [4.69, 9.17) is 39.5 Å². The van der Waals surface area contributed by atoms with Gasteiger partial charge >= 0.3 is 0 Å². The van der Waals surface area contributed by atoms with Crippen LogP contribution in [0.25, 0.3) is 0 Å². The second-order valence-electron chi connectivity index (χ2n) is 6.37. The monoisotopic (exact) mass is 450 g/mol. The number of hydrogen-bond donors (Lipinski definition) is 1. The molecule has 0 aliphatic rings. The Hall–Kier alpha value is -2.47. The maximum atomic E-state index is 10.7. The highest BCUT2D eigenvalue weighted by molar-refractivity contribution is 6.37. The molecular weight excluding hydrogens is 435 g/mol. The highest BCUT2D eigenvalue weighted by atomic mass is 35.5. The van der Waals surface area contributed by atoms with E-state index in [2.05, 4.69) is 5.32 Å². The van der Waals surface area contributed by atoms with Gasteiger partial charge in [0.05, 0.1) is 15.0 Å². The summed E-state index contributed by atoms with van der Waals surface area (Å²) in [6.07, 6.45) is 0. The van der Waals surface area contributed by atoms with Crippen LogP contribution in [-0.4, -0.2) is 4.92 Å². The summed E-state index contributed by atoms with van der Waals surface area (Å²) in [6.45, 7) is 2.65. The third kappa shape index (κ3) is 5.32. The van der Waals surface area contributed by atoms with Gasteiger partial charge in [-0.1, -0.05) is 40.9 Å². The van der Waals surface area contributed by atoms with Gasteiger partial charge in [0.1, 0.15) is 6.61 Å². The molecule has 150 valence electrons. The molecule has 0 unspecified atom stereocenters. The predicted molar refractivity (Wildman–Crippen MR) is 117 cm³/mol. The molecule has 29 heavy (non-hydrogen) atoms. The van der Waals surface area contributed by atoms with Crippen LogP contribution in [0.1, 0.15) is 16.7 Å². The first-order chi connectivity index (χ1) is 13.8. The van der Waals surface area contributed by atoms with E-state index in [1.165, 1.54) is 12.1 Å². The quantitative estimate of drug-likeness (QED) is 0.308. The lowest BCUT2D eigenvalue weighted by Gasteiger charge is -2.14. The molecule has 0 aromatic heterocycles. The number of nitro benzene ring substituents is 1. The number of nitrogens with one attached hydrogen (secondary N) is 1. The third-order valence-corrected chi connectivity index (χ3v) is 5.31. The fourth-order valence-corrected chi connectivity index (χ4v) is 3.53. The van der Waals surface area contributed by atoms with Crippen LogP contribution < -0.4 is 10.1 Å². The Balaban J connectivity index is 1.67. The zero-order chi connectivity index (χ0) is 21.0. The van der Waals surface area contributed by atoms with Crippen molar-refractivity contribution >= 4 is 46.2 Å². The van der Waals surface area contributed by atoms with Gasteiger partial charge in [0.15, 0.2) is 5.75 Å². The number of non-ortho nitro benzene ring substituents is 1. The number of nitro groups is 1. The largest absolute Gasteiger partial charge is 0.486 e. The second kappa shape index (κ2) is 9.35. The van der Waals surface area contributed by atoms with Crippen molar-refractivity contribution in [2.75, 3.05) is 5.32 Å². The van der Waals surface area contributed by atoms with Crippen molar-refractivity contribution < 1.29 is 9.66 Å². The number of benzene rings is 3. The molecule has 0 amide bonds. The van der Waals surface area contributed by atoms with Gasteiger partial charge in [-0.2, -0.15) is 0 Å². The van der Waals surface area contributed by atoms with Crippen LogP contribution in [0.2, 0.25) is 15.1 Å². The molecule has 1 N–H and O–H groups in total. The summed E-state index contributed by atoms with van der Waals surface area (Å²) in [5.41, 5.74) is 3.58. The normalized spacial score (nSPS) is 10.6. The maximum Gasteiger partial charge on any atom is 0.269 e. The fraction of sp³-hybridized carbons (Fsp3) is 0.143. The number of nitrogens with zero attached hydrogens (tertiary/aromatic N) is 1. The zero-order valence-electron chi connectivity index (χ0n) is 15.4. The van der Waals surface area contributed by atoms with E-state index in [1.807, 2.05) is 25.1 Å². The standard InChI is InChI=1S/C21H17Cl3N2O3/c1-13-17(22)3-2-4-20(13)25-11-15-9-18(23)21(19(24)10-15)29-12-14-5-7-16(8-6-14)26(27)28/h2-10,25H,11-12H2,1H3. The molecule has 3 aromatic rings. The highest BCUT2D eigenvalue weighted by Gasteiger charge is 2.12. The van der Waals surface area contributed by atoms with Gasteiger partial charge in [0.2, 0.25) is 0 Å².